The van der Waals surface area contributed by atoms with Gasteiger partial charge in [0.15, 0.2) is 0 Å². The van der Waals surface area contributed by atoms with Gasteiger partial charge in [-0.3, -0.25) is 0 Å². The Hall–Kier alpha value is -6.48. The van der Waals surface area contributed by atoms with Gasteiger partial charge in [0, 0.05) is 37.1 Å². The molecule has 0 aliphatic heterocycles. The van der Waals surface area contributed by atoms with E-state index < -0.39 is 0 Å². The Bertz CT molecular complexity index is 2890. The minimum Gasteiger partial charge on any atom is -0.310 e. The maximum Gasteiger partial charge on any atom is 0.0540 e. The SMILES string of the molecule is c1ccc(-c2ccccc2N(c2ccc(-c3cc4ccccc4c4ccccc34)cc2)c2ccc(-c3cccc4c3sc3ccccc34)cc2)cc1. The van der Waals surface area contributed by atoms with Crippen LogP contribution >= 0.6 is 11.3 Å². The van der Waals surface area contributed by atoms with Crippen LogP contribution in [-0.2, 0) is 0 Å². The molecular formula is C50H33NS. The van der Waals surface area contributed by atoms with Gasteiger partial charge in [-0.25, -0.2) is 0 Å². The Kier molecular flexibility index (Phi) is 7.41. The van der Waals surface area contributed by atoms with Crippen molar-refractivity contribution < 1.29 is 0 Å². The van der Waals surface area contributed by atoms with Crippen molar-refractivity contribution in [2.75, 3.05) is 4.90 Å². The number of benzene rings is 9. The van der Waals surface area contributed by atoms with Crippen LogP contribution in [0, 0.1) is 0 Å². The summed E-state index contributed by atoms with van der Waals surface area (Å²) < 4.78 is 2.66. The lowest BCUT2D eigenvalue weighted by molar-refractivity contribution is 1.28. The summed E-state index contributed by atoms with van der Waals surface area (Å²) in [4.78, 5) is 2.40. The summed E-state index contributed by atoms with van der Waals surface area (Å²) in [5.41, 5.74) is 10.7. The third-order valence-electron chi connectivity index (χ3n) is 10.3. The number of hydrogen-bond donors (Lipinski definition) is 0. The van der Waals surface area contributed by atoms with Crippen molar-refractivity contribution in [3.63, 3.8) is 0 Å². The standard InChI is InChI=1S/C50H33NS/c1-2-13-34(14-3-1)41-17-8-10-23-48(41)51(38-29-25-35(26-30-38)42-21-12-22-46-45-20-9-11-24-49(45)52-50(42)46)39-31-27-36(28-32-39)47-33-37-15-4-5-16-40(37)43-18-6-7-19-44(43)47/h1-33H. The third kappa shape index (κ3) is 5.16. The Morgan fingerprint density at radius 3 is 1.63 bits per heavy atom. The molecule has 244 valence electrons. The van der Waals surface area contributed by atoms with E-state index >= 15 is 0 Å². The number of rotatable bonds is 6. The van der Waals surface area contributed by atoms with Crippen LogP contribution < -0.4 is 4.90 Å². The van der Waals surface area contributed by atoms with E-state index in [9.17, 15) is 0 Å². The first-order valence-electron chi connectivity index (χ1n) is 17.8. The minimum atomic E-state index is 1.11. The molecule has 1 heterocycles. The van der Waals surface area contributed by atoms with Gasteiger partial charge >= 0.3 is 0 Å². The molecule has 0 fully saturated rings. The first-order valence-corrected chi connectivity index (χ1v) is 18.6. The predicted molar refractivity (Wildman–Crippen MR) is 225 cm³/mol. The summed E-state index contributed by atoms with van der Waals surface area (Å²) in [7, 11) is 0. The van der Waals surface area contributed by atoms with Gasteiger partial charge in [0.25, 0.3) is 0 Å². The Balaban J connectivity index is 1.11. The molecule has 0 bridgehead atoms. The highest BCUT2D eigenvalue weighted by atomic mass is 32.1. The maximum atomic E-state index is 2.40. The van der Waals surface area contributed by atoms with Crippen molar-refractivity contribution in [2.45, 2.75) is 0 Å². The number of para-hydroxylation sites is 1. The van der Waals surface area contributed by atoms with E-state index in [0.29, 0.717) is 0 Å². The van der Waals surface area contributed by atoms with Crippen molar-refractivity contribution in [3.8, 4) is 33.4 Å². The predicted octanol–water partition coefficient (Wildman–Crippen LogP) is 14.8. The molecule has 0 radical (unpaired) electrons. The quantitative estimate of drug-likeness (QED) is 0.158. The lowest BCUT2D eigenvalue weighted by atomic mass is 9.93. The fourth-order valence-electron chi connectivity index (χ4n) is 7.81. The van der Waals surface area contributed by atoms with Crippen LogP contribution in [-0.4, -0.2) is 0 Å². The smallest absolute Gasteiger partial charge is 0.0540 e. The molecule has 0 N–H and O–H groups in total. The summed E-state index contributed by atoms with van der Waals surface area (Å²) in [6.07, 6.45) is 0. The number of thiophene rings is 1. The Labute approximate surface area is 307 Å². The van der Waals surface area contributed by atoms with Crippen molar-refractivity contribution in [3.05, 3.63) is 200 Å². The van der Waals surface area contributed by atoms with Crippen LogP contribution in [0.1, 0.15) is 0 Å². The van der Waals surface area contributed by atoms with Crippen molar-refractivity contribution in [2.24, 2.45) is 0 Å². The van der Waals surface area contributed by atoms with E-state index in [1.165, 1.54) is 75.1 Å². The maximum absolute atomic E-state index is 2.40. The van der Waals surface area contributed by atoms with E-state index in [1.807, 2.05) is 11.3 Å². The highest BCUT2D eigenvalue weighted by Gasteiger charge is 2.18. The van der Waals surface area contributed by atoms with Gasteiger partial charge in [-0.2, -0.15) is 0 Å². The summed E-state index contributed by atoms with van der Waals surface area (Å²) in [6, 6.07) is 72.8. The van der Waals surface area contributed by atoms with Gasteiger partial charge < -0.3 is 4.90 Å². The molecular weight excluding hydrogens is 647 g/mol. The summed E-state index contributed by atoms with van der Waals surface area (Å²) in [6.45, 7) is 0. The molecule has 0 saturated carbocycles. The van der Waals surface area contributed by atoms with Gasteiger partial charge in [-0.15, -0.1) is 11.3 Å². The molecule has 0 unspecified atom stereocenters. The topological polar surface area (TPSA) is 3.24 Å². The van der Waals surface area contributed by atoms with E-state index in [1.54, 1.807) is 0 Å². The molecule has 0 aliphatic rings. The molecule has 10 aromatic rings. The molecule has 10 rings (SSSR count). The van der Waals surface area contributed by atoms with Crippen LogP contribution in [0.15, 0.2) is 200 Å². The zero-order valence-electron chi connectivity index (χ0n) is 28.4. The molecule has 0 amide bonds. The van der Waals surface area contributed by atoms with E-state index in [0.717, 1.165) is 17.1 Å². The normalized spacial score (nSPS) is 11.5. The van der Waals surface area contributed by atoms with Crippen LogP contribution in [0.25, 0.3) is 75.1 Å². The molecule has 0 saturated heterocycles. The number of nitrogens with zero attached hydrogens (tertiary/aromatic N) is 1. The molecule has 2 heteroatoms. The van der Waals surface area contributed by atoms with E-state index in [4.69, 9.17) is 0 Å². The average Bonchev–Trinajstić information content (AvgIpc) is 3.61. The lowest BCUT2D eigenvalue weighted by Gasteiger charge is -2.28. The van der Waals surface area contributed by atoms with Crippen LogP contribution in [0.3, 0.4) is 0 Å². The molecule has 1 aromatic heterocycles. The van der Waals surface area contributed by atoms with E-state index in [2.05, 4.69) is 205 Å². The molecule has 0 atom stereocenters. The Morgan fingerprint density at radius 1 is 0.327 bits per heavy atom. The first kappa shape index (κ1) is 30.4. The molecule has 1 nitrogen and oxygen atoms in total. The fraction of sp³-hybridized carbons (Fsp3) is 0. The lowest BCUT2D eigenvalue weighted by Crippen LogP contribution is -2.11. The van der Waals surface area contributed by atoms with Gasteiger partial charge in [0.1, 0.15) is 0 Å². The first-order chi connectivity index (χ1) is 25.8. The number of fused-ring (bicyclic) bond motifs is 6. The van der Waals surface area contributed by atoms with Crippen molar-refractivity contribution in [1.29, 1.82) is 0 Å². The highest BCUT2D eigenvalue weighted by Crippen LogP contribution is 2.44. The van der Waals surface area contributed by atoms with E-state index in [-0.39, 0.29) is 0 Å². The van der Waals surface area contributed by atoms with Crippen molar-refractivity contribution >= 4 is 70.1 Å². The van der Waals surface area contributed by atoms with Gasteiger partial charge in [-0.1, -0.05) is 158 Å². The number of anilines is 3. The molecule has 52 heavy (non-hydrogen) atoms. The summed E-state index contributed by atoms with van der Waals surface area (Å²) in [5.74, 6) is 0. The highest BCUT2D eigenvalue weighted by molar-refractivity contribution is 7.26. The Morgan fingerprint density at radius 2 is 0.865 bits per heavy atom. The zero-order chi connectivity index (χ0) is 34.4. The van der Waals surface area contributed by atoms with Crippen LogP contribution in [0.4, 0.5) is 17.1 Å². The second-order valence-electron chi connectivity index (χ2n) is 13.3. The molecule has 0 spiro atoms. The zero-order valence-corrected chi connectivity index (χ0v) is 29.2. The van der Waals surface area contributed by atoms with Crippen LogP contribution in [0.2, 0.25) is 0 Å². The summed E-state index contributed by atoms with van der Waals surface area (Å²) >= 11 is 1.88. The van der Waals surface area contributed by atoms with Gasteiger partial charge in [0.2, 0.25) is 0 Å². The van der Waals surface area contributed by atoms with Gasteiger partial charge in [0.05, 0.1) is 5.69 Å². The molecule has 9 aromatic carbocycles. The monoisotopic (exact) mass is 679 g/mol. The third-order valence-corrected chi connectivity index (χ3v) is 11.5. The second kappa shape index (κ2) is 12.7. The van der Waals surface area contributed by atoms with Crippen molar-refractivity contribution in [1.82, 2.24) is 0 Å². The number of hydrogen-bond acceptors (Lipinski definition) is 2. The van der Waals surface area contributed by atoms with Gasteiger partial charge in [-0.05, 0) is 91.8 Å². The molecule has 0 aliphatic carbocycles. The minimum absolute atomic E-state index is 1.11. The van der Waals surface area contributed by atoms with Crippen LogP contribution in [0.5, 0.6) is 0 Å². The fourth-order valence-corrected chi connectivity index (χ4v) is 9.04. The largest absolute Gasteiger partial charge is 0.310 e. The second-order valence-corrected chi connectivity index (χ2v) is 14.3. The summed E-state index contributed by atoms with van der Waals surface area (Å²) in [5, 5.41) is 7.73. The average molecular weight is 680 g/mol.